The van der Waals surface area contributed by atoms with E-state index in [1.165, 1.54) is 0 Å². The van der Waals surface area contributed by atoms with Crippen molar-refractivity contribution in [1.82, 2.24) is 9.80 Å². The van der Waals surface area contributed by atoms with Crippen molar-refractivity contribution < 1.29 is 33.6 Å². The maximum Gasteiger partial charge on any atom is 0.321 e. The number of aliphatic hydroxyl groups is 1. The van der Waals surface area contributed by atoms with Crippen molar-refractivity contribution >= 4 is 23.3 Å². The van der Waals surface area contributed by atoms with Crippen LogP contribution >= 0.6 is 0 Å². The lowest BCUT2D eigenvalue weighted by atomic mass is 10.0. The van der Waals surface area contributed by atoms with Gasteiger partial charge in [0.15, 0.2) is 11.5 Å². The van der Waals surface area contributed by atoms with E-state index in [0.717, 1.165) is 24.9 Å². The van der Waals surface area contributed by atoms with Crippen LogP contribution in [0.25, 0.3) is 0 Å². The second-order valence-electron chi connectivity index (χ2n) is 11.8. The van der Waals surface area contributed by atoms with Crippen LogP contribution in [0.4, 0.5) is 16.2 Å². The van der Waals surface area contributed by atoms with Crippen molar-refractivity contribution in [3.8, 4) is 17.2 Å². The number of rotatable bonds is 6. The minimum absolute atomic E-state index is 0.0934. The normalized spacial score (nSPS) is 21.7. The lowest BCUT2D eigenvalue weighted by molar-refractivity contribution is -0.0115. The van der Waals surface area contributed by atoms with E-state index >= 15 is 0 Å². The zero-order valence-corrected chi connectivity index (χ0v) is 26.2. The molecule has 0 radical (unpaired) electrons. The number of likely N-dealkylation sites (N-methyl/N-ethyl adjacent to an activating group) is 1. The molecule has 4 atom stereocenters. The van der Waals surface area contributed by atoms with Crippen LogP contribution in [0.3, 0.4) is 0 Å². The number of ether oxygens (including phenoxy) is 4. The fourth-order valence-corrected chi connectivity index (χ4v) is 5.20. The van der Waals surface area contributed by atoms with Crippen LogP contribution in [0.2, 0.25) is 0 Å². The Morgan fingerprint density at radius 2 is 1.81 bits per heavy atom. The Kier molecular flexibility index (Phi) is 11.0. The van der Waals surface area contributed by atoms with E-state index in [-0.39, 0.29) is 43.5 Å². The molecule has 11 nitrogen and oxygen atoms in total. The summed E-state index contributed by atoms with van der Waals surface area (Å²) in [4.78, 5) is 32.5. The maximum absolute atomic E-state index is 14.1. The van der Waals surface area contributed by atoms with E-state index in [1.807, 2.05) is 58.0 Å². The second kappa shape index (κ2) is 14.7. The first-order chi connectivity index (χ1) is 20.6. The molecule has 43 heavy (non-hydrogen) atoms. The summed E-state index contributed by atoms with van der Waals surface area (Å²) in [6.45, 7) is 6.97. The SMILES string of the molecule is C[C@@H]1CCCCO[C@@H](CN(C)C(=O)Nc2ccc3c(c2)OCO3)[C@H](C)CN([C@H](C)CO)C(=O)c2cc(N(C)C)ccc2O1. The molecule has 0 aliphatic carbocycles. The number of nitrogens with one attached hydrogen (secondary N) is 1. The molecular weight excluding hydrogens is 552 g/mol. The number of aliphatic hydroxyl groups excluding tert-OH is 1. The van der Waals surface area contributed by atoms with E-state index in [9.17, 15) is 14.7 Å². The summed E-state index contributed by atoms with van der Waals surface area (Å²) < 4.78 is 23.4. The van der Waals surface area contributed by atoms with Gasteiger partial charge < -0.3 is 44.1 Å². The van der Waals surface area contributed by atoms with Crippen molar-refractivity contribution in [2.24, 2.45) is 5.92 Å². The van der Waals surface area contributed by atoms with Crippen LogP contribution in [-0.4, -0.2) is 99.3 Å². The van der Waals surface area contributed by atoms with Gasteiger partial charge in [-0.3, -0.25) is 4.79 Å². The molecule has 0 spiro atoms. The predicted molar refractivity (Wildman–Crippen MR) is 165 cm³/mol. The maximum atomic E-state index is 14.1. The van der Waals surface area contributed by atoms with Gasteiger partial charge in [0.1, 0.15) is 5.75 Å². The first-order valence-corrected chi connectivity index (χ1v) is 15.0. The van der Waals surface area contributed by atoms with Gasteiger partial charge in [0.2, 0.25) is 6.79 Å². The van der Waals surface area contributed by atoms with E-state index in [2.05, 4.69) is 5.32 Å². The smallest absolute Gasteiger partial charge is 0.321 e. The van der Waals surface area contributed by atoms with Gasteiger partial charge in [0.25, 0.3) is 5.91 Å². The topological polar surface area (TPSA) is 113 Å². The molecule has 0 fully saturated rings. The van der Waals surface area contributed by atoms with E-state index in [1.54, 1.807) is 35.0 Å². The predicted octanol–water partition coefficient (Wildman–Crippen LogP) is 4.44. The summed E-state index contributed by atoms with van der Waals surface area (Å²) in [5.74, 6) is 1.40. The Morgan fingerprint density at radius 3 is 2.56 bits per heavy atom. The first kappa shape index (κ1) is 32.2. The highest BCUT2D eigenvalue weighted by Gasteiger charge is 2.31. The summed E-state index contributed by atoms with van der Waals surface area (Å²) in [6, 6.07) is 10.2. The second-order valence-corrected chi connectivity index (χ2v) is 11.8. The van der Waals surface area contributed by atoms with Gasteiger partial charge >= 0.3 is 6.03 Å². The Balaban J connectivity index is 1.55. The van der Waals surface area contributed by atoms with Gasteiger partial charge in [0, 0.05) is 64.2 Å². The summed E-state index contributed by atoms with van der Waals surface area (Å²) in [6.07, 6.45) is 2.10. The highest BCUT2D eigenvalue weighted by molar-refractivity contribution is 5.98. The number of benzene rings is 2. The first-order valence-electron chi connectivity index (χ1n) is 15.0. The highest BCUT2D eigenvalue weighted by atomic mass is 16.7. The molecule has 4 rings (SSSR count). The van der Waals surface area contributed by atoms with Crippen molar-refractivity contribution in [3.05, 3.63) is 42.0 Å². The third-order valence-corrected chi connectivity index (χ3v) is 7.98. The average Bonchev–Trinajstić information content (AvgIpc) is 3.45. The zero-order chi connectivity index (χ0) is 31.1. The molecule has 2 heterocycles. The Hall–Kier alpha value is -3.70. The Labute approximate surface area is 254 Å². The highest BCUT2D eigenvalue weighted by Crippen LogP contribution is 2.34. The summed E-state index contributed by atoms with van der Waals surface area (Å²) >= 11 is 0. The van der Waals surface area contributed by atoms with Crippen LogP contribution in [0, 0.1) is 5.92 Å². The minimum atomic E-state index is -0.441. The van der Waals surface area contributed by atoms with Crippen LogP contribution in [0.5, 0.6) is 17.2 Å². The number of carbonyl (C=O) groups excluding carboxylic acids is 2. The van der Waals surface area contributed by atoms with Gasteiger partial charge in [-0.15, -0.1) is 0 Å². The monoisotopic (exact) mass is 598 g/mol. The Bertz CT molecular complexity index is 1260. The van der Waals surface area contributed by atoms with Crippen LogP contribution in [0.1, 0.15) is 50.4 Å². The minimum Gasteiger partial charge on any atom is -0.490 e. The molecule has 0 saturated carbocycles. The lowest BCUT2D eigenvalue weighted by Gasteiger charge is -2.36. The average molecular weight is 599 g/mol. The molecular formula is C32H46N4O7. The largest absolute Gasteiger partial charge is 0.490 e. The van der Waals surface area contributed by atoms with Crippen molar-refractivity contribution in [2.45, 2.75) is 58.3 Å². The molecule has 2 aromatic carbocycles. The molecule has 0 saturated heterocycles. The van der Waals surface area contributed by atoms with Gasteiger partial charge in [-0.1, -0.05) is 6.92 Å². The van der Waals surface area contributed by atoms with Gasteiger partial charge in [-0.25, -0.2) is 4.79 Å². The van der Waals surface area contributed by atoms with E-state index in [0.29, 0.717) is 48.2 Å². The number of fused-ring (bicyclic) bond motifs is 2. The molecule has 2 aromatic rings. The molecule has 236 valence electrons. The summed E-state index contributed by atoms with van der Waals surface area (Å²) in [7, 11) is 5.58. The van der Waals surface area contributed by atoms with Crippen molar-refractivity contribution in [1.29, 1.82) is 0 Å². The zero-order valence-electron chi connectivity index (χ0n) is 26.2. The number of amides is 3. The van der Waals surface area contributed by atoms with Crippen molar-refractivity contribution in [3.63, 3.8) is 0 Å². The summed E-state index contributed by atoms with van der Waals surface area (Å²) in [5.41, 5.74) is 1.94. The fourth-order valence-electron chi connectivity index (χ4n) is 5.20. The molecule has 0 bridgehead atoms. The number of anilines is 2. The Morgan fingerprint density at radius 1 is 1.07 bits per heavy atom. The quantitative estimate of drug-likeness (QED) is 0.502. The number of urea groups is 1. The number of carbonyl (C=O) groups is 2. The van der Waals surface area contributed by atoms with E-state index < -0.39 is 6.04 Å². The lowest BCUT2D eigenvalue weighted by Crippen LogP contribution is -2.48. The number of nitrogens with zero attached hydrogens (tertiary/aromatic N) is 3. The van der Waals surface area contributed by atoms with E-state index in [4.69, 9.17) is 18.9 Å². The molecule has 0 aromatic heterocycles. The molecule has 11 heteroatoms. The third-order valence-electron chi connectivity index (χ3n) is 7.98. The molecule has 2 aliphatic heterocycles. The molecule has 0 unspecified atom stereocenters. The molecule has 2 N–H and O–H groups in total. The third kappa shape index (κ3) is 8.23. The molecule has 2 aliphatic rings. The number of hydrogen-bond donors (Lipinski definition) is 2. The van der Waals surface area contributed by atoms with Crippen LogP contribution < -0.4 is 24.4 Å². The van der Waals surface area contributed by atoms with Crippen LogP contribution in [-0.2, 0) is 4.74 Å². The van der Waals surface area contributed by atoms with Gasteiger partial charge in [0.05, 0.1) is 30.4 Å². The standard InChI is InChI=1S/C32H46N4O7/c1-21-17-36(22(2)19-37)31(38)26-16-25(34(4)5)11-13-27(26)43-23(3)9-7-8-14-40-30(21)18-35(6)32(39)33-24-10-12-28-29(15-24)42-20-41-28/h10-13,15-16,21-23,30,37H,7-9,14,17-20H2,1-6H3,(H,33,39)/t21-,22-,23-,30+/m1/s1. The van der Waals surface area contributed by atoms with Gasteiger partial charge in [-0.05, 0) is 63.4 Å². The summed E-state index contributed by atoms with van der Waals surface area (Å²) in [5, 5.41) is 13.0. The fraction of sp³-hybridized carbons (Fsp3) is 0.562. The van der Waals surface area contributed by atoms with Crippen LogP contribution in [0.15, 0.2) is 36.4 Å². The van der Waals surface area contributed by atoms with Crippen molar-refractivity contribution in [2.75, 3.05) is 64.5 Å². The molecule has 3 amide bonds. The number of hydrogen-bond acceptors (Lipinski definition) is 8. The van der Waals surface area contributed by atoms with Gasteiger partial charge in [-0.2, -0.15) is 0 Å².